The lowest BCUT2D eigenvalue weighted by Crippen LogP contribution is -2.43. The molecule has 0 bridgehead atoms. The van der Waals surface area contributed by atoms with Gasteiger partial charge in [-0.1, -0.05) is 18.6 Å². The van der Waals surface area contributed by atoms with E-state index in [0.717, 1.165) is 24.9 Å². The van der Waals surface area contributed by atoms with Crippen LogP contribution >= 0.6 is 0 Å². The van der Waals surface area contributed by atoms with Crippen LogP contribution in [0.4, 0.5) is 0 Å². The van der Waals surface area contributed by atoms with Crippen molar-refractivity contribution in [3.63, 3.8) is 0 Å². The molecule has 1 aliphatic heterocycles. The summed E-state index contributed by atoms with van der Waals surface area (Å²) in [5.74, 6) is 1.64. The topological polar surface area (TPSA) is 32.3 Å². The first-order valence-corrected chi connectivity index (χ1v) is 9.51. The molecule has 1 saturated heterocycles. The molecule has 4 nitrogen and oxygen atoms in total. The highest BCUT2D eigenvalue weighted by Gasteiger charge is 2.41. The van der Waals surface area contributed by atoms with Gasteiger partial charge in [0, 0.05) is 50.8 Å². The van der Waals surface area contributed by atoms with Crippen LogP contribution in [0.1, 0.15) is 30.5 Å². The van der Waals surface area contributed by atoms with Gasteiger partial charge in [-0.15, -0.1) is 0 Å². The lowest BCUT2D eigenvalue weighted by molar-refractivity contribution is 0.104. The largest absolute Gasteiger partial charge is 0.298 e. The average molecular weight is 336 g/mol. The highest BCUT2D eigenvalue weighted by Crippen LogP contribution is 2.39. The van der Waals surface area contributed by atoms with Crippen molar-refractivity contribution in [3.05, 3.63) is 60.2 Å². The van der Waals surface area contributed by atoms with Crippen molar-refractivity contribution < 1.29 is 0 Å². The number of aromatic nitrogens is 2. The molecule has 0 N–H and O–H groups in total. The van der Waals surface area contributed by atoms with Gasteiger partial charge in [-0.25, -0.2) is 0 Å². The Morgan fingerprint density at radius 2 is 2.08 bits per heavy atom. The maximum atomic E-state index is 4.51. The predicted octanol–water partition coefficient (Wildman–Crippen LogP) is 3.21. The fourth-order valence-electron chi connectivity index (χ4n) is 4.82. The third-order valence-corrected chi connectivity index (χ3v) is 5.97. The van der Waals surface area contributed by atoms with Gasteiger partial charge in [-0.3, -0.25) is 19.8 Å². The van der Waals surface area contributed by atoms with Crippen LogP contribution in [0.15, 0.2) is 48.9 Å². The van der Waals surface area contributed by atoms with E-state index in [1.807, 2.05) is 30.7 Å². The maximum absolute atomic E-state index is 4.51. The summed E-state index contributed by atoms with van der Waals surface area (Å²) >= 11 is 0. The lowest BCUT2D eigenvalue weighted by Gasteiger charge is -2.39. The van der Waals surface area contributed by atoms with Crippen molar-refractivity contribution in [2.45, 2.75) is 38.4 Å². The maximum Gasteiger partial charge on any atom is 0.0543 e. The minimum atomic E-state index is 0.680. The quantitative estimate of drug-likeness (QED) is 0.839. The van der Waals surface area contributed by atoms with Crippen molar-refractivity contribution in [1.82, 2.24) is 19.8 Å². The molecule has 25 heavy (non-hydrogen) atoms. The van der Waals surface area contributed by atoms with Crippen LogP contribution in [-0.2, 0) is 13.1 Å². The zero-order valence-electron chi connectivity index (χ0n) is 15.1. The van der Waals surface area contributed by atoms with Gasteiger partial charge in [0.25, 0.3) is 0 Å². The summed E-state index contributed by atoms with van der Waals surface area (Å²) in [5.41, 5.74) is 2.51. The highest BCUT2D eigenvalue weighted by molar-refractivity contribution is 5.09. The van der Waals surface area contributed by atoms with Crippen LogP contribution < -0.4 is 0 Å². The van der Waals surface area contributed by atoms with Crippen LogP contribution in [0.3, 0.4) is 0 Å². The van der Waals surface area contributed by atoms with Crippen molar-refractivity contribution in [3.8, 4) is 0 Å². The number of hydrogen-bond acceptors (Lipinski definition) is 4. The number of fused-ring (bicyclic) bond motifs is 1. The first kappa shape index (κ1) is 16.7. The summed E-state index contributed by atoms with van der Waals surface area (Å²) in [5, 5.41) is 0. The Morgan fingerprint density at radius 3 is 2.88 bits per heavy atom. The first-order valence-electron chi connectivity index (χ1n) is 9.51. The summed E-state index contributed by atoms with van der Waals surface area (Å²) < 4.78 is 0. The molecule has 2 aromatic heterocycles. The summed E-state index contributed by atoms with van der Waals surface area (Å²) in [6.45, 7) is 4.46. The number of pyridine rings is 2. The van der Waals surface area contributed by atoms with Crippen molar-refractivity contribution >= 4 is 0 Å². The lowest BCUT2D eigenvalue weighted by atomic mass is 9.77. The van der Waals surface area contributed by atoms with Crippen LogP contribution in [0, 0.1) is 11.8 Å². The average Bonchev–Trinajstić information content (AvgIpc) is 3.05. The van der Waals surface area contributed by atoms with Gasteiger partial charge in [0.1, 0.15) is 0 Å². The molecule has 0 spiro atoms. The molecular formula is C21H28N4. The fourth-order valence-corrected chi connectivity index (χ4v) is 4.82. The van der Waals surface area contributed by atoms with E-state index in [1.165, 1.54) is 43.6 Å². The van der Waals surface area contributed by atoms with E-state index in [4.69, 9.17) is 0 Å². The molecule has 1 aliphatic carbocycles. The van der Waals surface area contributed by atoms with Crippen LogP contribution in [0.25, 0.3) is 0 Å². The van der Waals surface area contributed by atoms with E-state index < -0.39 is 0 Å². The summed E-state index contributed by atoms with van der Waals surface area (Å²) in [7, 11) is 2.28. The molecule has 3 atom stereocenters. The predicted molar refractivity (Wildman–Crippen MR) is 99.8 cm³/mol. The number of likely N-dealkylation sites (tertiary alicyclic amines) is 1. The van der Waals surface area contributed by atoms with Crippen molar-refractivity contribution in [1.29, 1.82) is 0 Å². The van der Waals surface area contributed by atoms with Gasteiger partial charge in [0.2, 0.25) is 0 Å². The molecule has 4 rings (SSSR count). The molecule has 4 heteroatoms. The minimum absolute atomic E-state index is 0.680. The molecule has 2 aromatic rings. The second kappa shape index (κ2) is 7.63. The van der Waals surface area contributed by atoms with Gasteiger partial charge in [0.15, 0.2) is 0 Å². The monoisotopic (exact) mass is 336 g/mol. The normalized spacial score (nSPS) is 26.7. The fraction of sp³-hybridized carbons (Fsp3) is 0.524. The zero-order chi connectivity index (χ0) is 17.1. The van der Waals surface area contributed by atoms with E-state index in [2.05, 4.69) is 45.0 Å². The Balaban J connectivity index is 1.40. The third kappa shape index (κ3) is 3.91. The SMILES string of the molecule is CN(Cc1ccccn1)C1CCC[C@@H]2CN(Cc3cccnc3)C[C@H]12. The van der Waals surface area contributed by atoms with E-state index >= 15 is 0 Å². The van der Waals surface area contributed by atoms with E-state index in [-0.39, 0.29) is 0 Å². The van der Waals surface area contributed by atoms with Crippen LogP contribution in [-0.4, -0.2) is 45.9 Å². The highest BCUT2D eigenvalue weighted by atomic mass is 15.2. The van der Waals surface area contributed by atoms with E-state index in [9.17, 15) is 0 Å². The van der Waals surface area contributed by atoms with Crippen LogP contribution in [0.5, 0.6) is 0 Å². The number of hydrogen-bond donors (Lipinski definition) is 0. The van der Waals surface area contributed by atoms with Gasteiger partial charge in [-0.2, -0.15) is 0 Å². The first-order chi connectivity index (χ1) is 12.3. The molecule has 132 valence electrons. The molecule has 1 saturated carbocycles. The minimum Gasteiger partial charge on any atom is -0.298 e. The molecule has 0 radical (unpaired) electrons. The Morgan fingerprint density at radius 1 is 1.12 bits per heavy atom. The van der Waals surface area contributed by atoms with Crippen LogP contribution in [0.2, 0.25) is 0 Å². The molecule has 0 aromatic carbocycles. The molecule has 1 unspecified atom stereocenters. The standard InChI is InChI=1S/C21H28N4/c1-24(15-19-8-2-3-11-23-19)21-9-4-7-18-14-25(16-20(18)21)13-17-6-5-10-22-12-17/h2-3,5-6,8,10-12,18,20-21H,4,7,9,13-16H2,1H3/t18-,20+,21?/m1/s1. The van der Waals surface area contributed by atoms with Gasteiger partial charge in [-0.05, 0) is 55.5 Å². The number of rotatable bonds is 5. The van der Waals surface area contributed by atoms with Gasteiger partial charge in [0.05, 0.1) is 5.69 Å². The molecule has 2 aliphatic rings. The Bertz CT molecular complexity index is 660. The molecule has 2 fully saturated rings. The Hall–Kier alpha value is -1.78. The van der Waals surface area contributed by atoms with Gasteiger partial charge >= 0.3 is 0 Å². The van der Waals surface area contributed by atoms with Crippen molar-refractivity contribution in [2.75, 3.05) is 20.1 Å². The third-order valence-electron chi connectivity index (χ3n) is 5.97. The second-order valence-electron chi connectivity index (χ2n) is 7.71. The summed E-state index contributed by atoms with van der Waals surface area (Å²) in [4.78, 5) is 14.0. The van der Waals surface area contributed by atoms with E-state index in [0.29, 0.717) is 6.04 Å². The zero-order valence-corrected chi connectivity index (χ0v) is 15.1. The van der Waals surface area contributed by atoms with Crippen molar-refractivity contribution in [2.24, 2.45) is 11.8 Å². The molecular weight excluding hydrogens is 308 g/mol. The summed E-state index contributed by atoms with van der Waals surface area (Å²) in [6.07, 6.45) is 9.84. The van der Waals surface area contributed by atoms with Gasteiger partial charge < -0.3 is 0 Å². The molecule has 0 amide bonds. The smallest absolute Gasteiger partial charge is 0.0543 e. The second-order valence-corrected chi connectivity index (χ2v) is 7.71. The Labute approximate surface area is 150 Å². The van der Waals surface area contributed by atoms with E-state index in [1.54, 1.807) is 0 Å². The number of nitrogens with zero attached hydrogens (tertiary/aromatic N) is 4. The molecule has 3 heterocycles. The Kier molecular flexibility index (Phi) is 5.09. The summed E-state index contributed by atoms with van der Waals surface area (Å²) in [6, 6.07) is 11.1.